The number of rotatable bonds is 3. The van der Waals surface area contributed by atoms with Crippen LogP contribution < -0.4 is 0 Å². The monoisotopic (exact) mass is 354 g/mol. The molecule has 0 aromatic heterocycles. The minimum Gasteiger partial charge on any atom is -0.109 e. The van der Waals surface area contributed by atoms with Crippen LogP contribution in [0.1, 0.15) is 46.2 Å². The molecule has 0 nitrogen and oxygen atoms in total. The summed E-state index contributed by atoms with van der Waals surface area (Å²) in [4.78, 5) is -0.904. The lowest BCUT2D eigenvalue weighted by Gasteiger charge is -2.28. The second kappa shape index (κ2) is 5.51. The summed E-state index contributed by atoms with van der Waals surface area (Å²) in [5.74, 6) is 0. The predicted octanol–water partition coefficient (Wildman–Crippen LogP) is 6.71. The molecule has 122 valence electrons. The average Bonchev–Trinajstić information content (AvgIpc) is 3.05. The van der Waals surface area contributed by atoms with Gasteiger partial charge in [-0.3, -0.25) is 0 Å². The molecule has 2 unspecified atom stereocenters. The van der Waals surface area contributed by atoms with Crippen LogP contribution >= 0.6 is 23.2 Å². The summed E-state index contributed by atoms with van der Waals surface area (Å²) in [6.07, 6.45) is 10.1. The zero-order valence-corrected chi connectivity index (χ0v) is 15.5. The molecule has 0 N–H and O–H groups in total. The normalized spacial score (nSPS) is 26.7. The molecule has 2 aliphatic rings. The standard InChI is InChI=1S/C22H20Cl2/c1-15-3-5-19-17(13-15)7-9-21(19,23)11-12-22(24)10-8-18-14-16(2)4-6-20(18)22/h3-10,13-14H,11-12H2,1-2H3. The molecule has 24 heavy (non-hydrogen) atoms. The van der Waals surface area contributed by atoms with E-state index < -0.39 is 9.75 Å². The molecular formula is C22H20Cl2. The summed E-state index contributed by atoms with van der Waals surface area (Å²) in [6, 6.07) is 13.0. The molecule has 0 bridgehead atoms. The van der Waals surface area contributed by atoms with Crippen molar-refractivity contribution in [2.24, 2.45) is 0 Å². The molecule has 2 atom stereocenters. The van der Waals surface area contributed by atoms with Crippen LogP contribution in [0.4, 0.5) is 0 Å². The van der Waals surface area contributed by atoms with Gasteiger partial charge in [0.2, 0.25) is 0 Å². The van der Waals surface area contributed by atoms with Gasteiger partial charge < -0.3 is 0 Å². The summed E-state index contributed by atoms with van der Waals surface area (Å²) in [7, 11) is 0. The molecule has 0 aliphatic heterocycles. The first-order valence-corrected chi connectivity index (χ1v) is 9.14. The average molecular weight is 355 g/mol. The maximum absolute atomic E-state index is 6.98. The second-order valence-corrected chi connectivity index (χ2v) is 8.42. The third-order valence-electron chi connectivity index (χ3n) is 5.22. The van der Waals surface area contributed by atoms with Crippen molar-refractivity contribution in [3.8, 4) is 0 Å². The Kier molecular flexibility index (Phi) is 3.67. The highest BCUT2D eigenvalue weighted by Crippen LogP contribution is 2.49. The van der Waals surface area contributed by atoms with Crippen LogP contribution in [0.15, 0.2) is 48.6 Å². The number of hydrogen-bond donors (Lipinski definition) is 0. The Hall–Kier alpha value is -1.50. The first-order chi connectivity index (χ1) is 11.4. The third-order valence-corrected chi connectivity index (χ3v) is 6.25. The van der Waals surface area contributed by atoms with Crippen LogP contribution in [0.5, 0.6) is 0 Å². The second-order valence-electron chi connectivity index (χ2n) is 7.07. The minimum absolute atomic E-state index is 0.452. The molecule has 0 saturated heterocycles. The lowest BCUT2D eigenvalue weighted by molar-refractivity contribution is 0.566. The number of aryl methyl sites for hydroxylation is 2. The van der Waals surface area contributed by atoms with Crippen LogP contribution in [0.3, 0.4) is 0 Å². The molecule has 2 aromatic carbocycles. The Labute approximate surface area is 153 Å². The third kappa shape index (κ3) is 2.53. The molecule has 0 radical (unpaired) electrons. The van der Waals surface area contributed by atoms with Gasteiger partial charge in [0.25, 0.3) is 0 Å². The summed E-state index contributed by atoms with van der Waals surface area (Å²) >= 11 is 14.0. The van der Waals surface area contributed by atoms with Gasteiger partial charge in [0, 0.05) is 0 Å². The highest BCUT2D eigenvalue weighted by Gasteiger charge is 2.38. The largest absolute Gasteiger partial charge is 0.109 e. The van der Waals surface area contributed by atoms with Gasteiger partial charge in [0.05, 0.1) is 9.75 Å². The fourth-order valence-electron chi connectivity index (χ4n) is 3.82. The van der Waals surface area contributed by atoms with E-state index in [1.165, 1.54) is 33.4 Å². The Bertz CT molecular complexity index is 804. The quantitative estimate of drug-likeness (QED) is 0.537. The van der Waals surface area contributed by atoms with Gasteiger partial charge >= 0.3 is 0 Å². The SMILES string of the molecule is Cc1ccc2c(c1)C=CC2(Cl)CCC1(Cl)C=Cc2cc(C)ccc21. The van der Waals surface area contributed by atoms with Crippen LogP contribution in [-0.2, 0) is 9.75 Å². The van der Waals surface area contributed by atoms with E-state index in [-0.39, 0.29) is 0 Å². The number of fused-ring (bicyclic) bond motifs is 2. The predicted molar refractivity (Wildman–Crippen MR) is 105 cm³/mol. The fraction of sp³-hybridized carbons (Fsp3) is 0.273. The number of halogens is 2. The van der Waals surface area contributed by atoms with Crippen molar-refractivity contribution in [3.63, 3.8) is 0 Å². The molecule has 0 fully saturated rings. The van der Waals surface area contributed by atoms with Crippen LogP contribution in [0.25, 0.3) is 12.2 Å². The van der Waals surface area contributed by atoms with Gasteiger partial charge in [-0.1, -0.05) is 71.8 Å². The van der Waals surface area contributed by atoms with Crippen LogP contribution in [0.2, 0.25) is 0 Å². The van der Waals surface area contributed by atoms with Crippen molar-refractivity contribution in [3.05, 3.63) is 81.9 Å². The summed E-state index contributed by atoms with van der Waals surface area (Å²) in [5.41, 5.74) is 7.37. The van der Waals surface area contributed by atoms with E-state index in [0.29, 0.717) is 0 Å². The van der Waals surface area contributed by atoms with Crippen molar-refractivity contribution >= 4 is 35.4 Å². The Morgan fingerprint density at radius 1 is 0.708 bits per heavy atom. The van der Waals surface area contributed by atoms with E-state index in [0.717, 1.165) is 12.8 Å². The van der Waals surface area contributed by atoms with E-state index in [4.69, 9.17) is 23.2 Å². The van der Waals surface area contributed by atoms with E-state index in [1.54, 1.807) is 0 Å². The lowest BCUT2D eigenvalue weighted by atomic mass is 9.87. The zero-order valence-electron chi connectivity index (χ0n) is 13.9. The van der Waals surface area contributed by atoms with Gasteiger partial charge in [-0.25, -0.2) is 0 Å². The Balaban J connectivity index is 1.59. The first kappa shape index (κ1) is 16.0. The number of hydrogen-bond acceptors (Lipinski definition) is 0. The maximum atomic E-state index is 6.98. The van der Waals surface area contributed by atoms with Crippen LogP contribution in [0, 0.1) is 13.8 Å². The van der Waals surface area contributed by atoms with Gasteiger partial charge in [0.15, 0.2) is 0 Å². The zero-order chi connectivity index (χ0) is 16.9. The lowest BCUT2D eigenvalue weighted by Crippen LogP contribution is -2.21. The van der Waals surface area contributed by atoms with Crippen molar-refractivity contribution in [1.29, 1.82) is 0 Å². The Morgan fingerprint density at radius 3 is 1.54 bits per heavy atom. The molecule has 0 heterocycles. The smallest absolute Gasteiger partial charge is 0.0885 e. The molecule has 0 saturated carbocycles. The number of allylic oxidation sites excluding steroid dienone is 2. The van der Waals surface area contributed by atoms with Gasteiger partial charge in [0.1, 0.15) is 0 Å². The molecule has 2 heteroatoms. The summed E-state index contributed by atoms with van der Waals surface area (Å²) in [6.45, 7) is 4.22. The van der Waals surface area contributed by atoms with Crippen molar-refractivity contribution in [2.75, 3.05) is 0 Å². The number of alkyl halides is 2. The van der Waals surface area contributed by atoms with Crippen LogP contribution in [-0.4, -0.2) is 0 Å². The van der Waals surface area contributed by atoms with Crippen molar-refractivity contribution < 1.29 is 0 Å². The Morgan fingerprint density at radius 2 is 1.12 bits per heavy atom. The summed E-state index contributed by atoms with van der Waals surface area (Å²) < 4.78 is 0. The van der Waals surface area contributed by atoms with Crippen molar-refractivity contribution in [2.45, 2.75) is 36.4 Å². The summed E-state index contributed by atoms with van der Waals surface area (Å²) in [5, 5.41) is 0. The minimum atomic E-state index is -0.452. The molecule has 0 spiro atoms. The van der Waals surface area contributed by atoms with E-state index in [1.807, 2.05) is 0 Å². The highest BCUT2D eigenvalue weighted by molar-refractivity contribution is 6.28. The van der Waals surface area contributed by atoms with Crippen molar-refractivity contribution in [1.82, 2.24) is 0 Å². The number of benzene rings is 2. The topological polar surface area (TPSA) is 0 Å². The maximum Gasteiger partial charge on any atom is 0.0885 e. The van der Waals surface area contributed by atoms with E-state index >= 15 is 0 Å². The molecule has 0 amide bonds. The molecule has 2 aliphatic carbocycles. The van der Waals surface area contributed by atoms with Gasteiger partial charge in [-0.05, 0) is 48.9 Å². The molecule has 2 aromatic rings. The highest BCUT2D eigenvalue weighted by atomic mass is 35.5. The van der Waals surface area contributed by atoms with Gasteiger partial charge in [-0.2, -0.15) is 0 Å². The molecule has 4 rings (SSSR count). The first-order valence-electron chi connectivity index (χ1n) is 8.38. The van der Waals surface area contributed by atoms with E-state index in [2.05, 4.69) is 74.5 Å². The molecular weight excluding hydrogens is 335 g/mol. The van der Waals surface area contributed by atoms with Gasteiger partial charge in [-0.15, -0.1) is 23.2 Å². The fourth-order valence-corrected chi connectivity index (χ4v) is 4.48. The van der Waals surface area contributed by atoms with E-state index in [9.17, 15) is 0 Å².